The van der Waals surface area contributed by atoms with E-state index in [2.05, 4.69) is 46.2 Å². The van der Waals surface area contributed by atoms with Crippen LogP contribution in [0.25, 0.3) is 0 Å². The second-order valence-electron chi connectivity index (χ2n) is 8.00. The van der Waals surface area contributed by atoms with E-state index < -0.39 is 0 Å². The standard InChI is InChI=1S/C24H28N2O2/c1-2-7-22-19(5-1)17-20(22)6-3-10-25-11-13-26(14-12-25)21-8-9-23-24(18-21)28-16-4-15-27-23/h1-2,4-5,7-9,16,18,20H,3,6,10-15,17H2. The summed E-state index contributed by atoms with van der Waals surface area (Å²) in [6, 6.07) is 15.2. The molecule has 4 nitrogen and oxygen atoms in total. The molecule has 1 fully saturated rings. The highest BCUT2D eigenvalue weighted by Crippen LogP contribution is 2.38. The van der Waals surface area contributed by atoms with E-state index in [9.17, 15) is 0 Å². The summed E-state index contributed by atoms with van der Waals surface area (Å²) < 4.78 is 11.3. The molecule has 2 aromatic carbocycles. The first-order valence-electron chi connectivity index (χ1n) is 10.5. The van der Waals surface area contributed by atoms with Gasteiger partial charge in [-0.1, -0.05) is 24.3 Å². The maximum Gasteiger partial charge on any atom is 0.170 e. The first-order valence-corrected chi connectivity index (χ1v) is 10.5. The van der Waals surface area contributed by atoms with Crippen LogP contribution in [0.15, 0.2) is 54.8 Å². The van der Waals surface area contributed by atoms with E-state index in [0.29, 0.717) is 6.61 Å². The first kappa shape index (κ1) is 17.6. The fourth-order valence-electron chi connectivity index (χ4n) is 4.61. The number of piperazine rings is 1. The molecule has 0 saturated carbocycles. The average Bonchev–Trinajstić information content (AvgIpc) is 2.97. The number of rotatable bonds is 5. The first-order chi connectivity index (χ1) is 13.9. The molecule has 2 aliphatic heterocycles. The quantitative estimate of drug-likeness (QED) is 0.780. The van der Waals surface area contributed by atoms with Crippen molar-refractivity contribution in [2.45, 2.75) is 25.2 Å². The molecular weight excluding hydrogens is 348 g/mol. The van der Waals surface area contributed by atoms with Gasteiger partial charge in [-0.15, -0.1) is 0 Å². The van der Waals surface area contributed by atoms with Crippen molar-refractivity contribution in [2.24, 2.45) is 0 Å². The fraction of sp³-hybridized carbons (Fsp3) is 0.417. The number of anilines is 1. The maximum atomic E-state index is 5.68. The molecular formula is C24H28N2O2. The predicted octanol–water partition coefficient (Wildman–Crippen LogP) is 4.21. The zero-order chi connectivity index (χ0) is 18.8. The molecule has 1 unspecified atom stereocenters. The number of hydrogen-bond acceptors (Lipinski definition) is 4. The lowest BCUT2D eigenvalue weighted by molar-refractivity contribution is 0.249. The molecule has 2 aromatic rings. The molecule has 2 heterocycles. The van der Waals surface area contributed by atoms with E-state index in [1.807, 2.05) is 12.1 Å². The molecule has 4 heteroatoms. The van der Waals surface area contributed by atoms with Gasteiger partial charge < -0.3 is 14.4 Å². The van der Waals surface area contributed by atoms with Gasteiger partial charge in [0.2, 0.25) is 0 Å². The molecule has 1 aliphatic carbocycles. The Labute approximate surface area is 167 Å². The third-order valence-corrected chi connectivity index (χ3v) is 6.28. The minimum Gasteiger partial charge on any atom is -0.485 e. The number of ether oxygens (including phenoxy) is 2. The highest BCUT2D eigenvalue weighted by Gasteiger charge is 2.25. The predicted molar refractivity (Wildman–Crippen MR) is 112 cm³/mol. The van der Waals surface area contributed by atoms with E-state index >= 15 is 0 Å². The van der Waals surface area contributed by atoms with Crippen LogP contribution in [0.5, 0.6) is 11.5 Å². The highest BCUT2D eigenvalue weighted by atomic mass is 16.5. The summed E-state index contributed by atoms with van der Waals surface area (Å²) >= 11 is 0. The number of hydrogen-bond donors (Lipinski definition) is 0. The summed E-state index contributed by atoms with van der Waals surface area (Å²) in [5.74, 6) is 2.44. The van der Waals surface area contributed by atoms with Crippen molar-refractivity contribution in [2.75, 3.05) is 44.2 Å². The van der Waals surface area contributed by atoms with Gasteiger partial charge in [-0.3, -0.25) is 4.90 Å². The van der Waals surface area contributed by atoms with Crippen molar-refractivity contribution < 1.29 is 9.47 Å². The fourth-order valence-corrected chi connectivity index (χ4v) is 4.61. The van der Waals surface area contributed by atoms with Gasteiger partial charge in [0, 0.05) is 37.9 Å². The lowest BCUT2D eigenvalue weighted by Gasteiger charge is -2.37. The van der Waals surface area contributed by atoms with Crippen LogP contribution < -0.4 is 14.4 Å². The SMILES string of the molecule is C1=COc2cc(N3CCN(CCCC4Cc5ccccc54)CC3)ccc2OC1. The number of nitrogens with zero attached hydrogens (tertiary/aromatic N) is 2. The van der Waals surface area contributed by atoms with Gasteiger partial charge in [-0.05, 0) is 61.1 Å². The van der Waals surface area contributed by atoms with E-state index in [4.69, 9.17) is 9.47 Å². The summed E-state index contributed by atoms with van der Waals surface area (Å²) in [6.07, 6.45) is 7.51. The van der Waals surface area contributed by atoms with Crippen LogP contribution in [0.1, 0.15) is 29.9 Å². The van der Waals surface area contributed by atoms with Crippen molar-refractivity contribution in [3.05, 3.63) is 65.9 Å². The Morgan fingerprint density at radius 3 is 2.75 bits per heavy atom. The van der Waals surface area contributed by atoms with Gasteiger partial charge in [0.25, 0.3) is 0 Å². The van der Waals surface area contributed by atoms with Crippen LogP contribution in [0, 0.1) is 0 Å². The zero-order valence-electron chi connectivity index (χ0n) is 16.3. The van der Waals surface area contributed by atoms with Gasteiger partial charge in [0.05, 0.1) is 6.26 Å². The van der Waals surface area contributed by atoms with Crippen molar-refractivity contribution in [3.63, 3.8) is 0 Å². The maximum absolute atomic E-state index is 5.68. The van der Waals surface area contributed by atoms with Crippen molar-refractivity contribution in [1.29, 1.82) is 0 Å². The molecule has 5 rings (SSSR count). The highest BCUT2D eigenvalue weighted by molar-refractivity contribution is 5.57. The van der Waals surface area contributed by atoms with Gasteiger partial charge in [0.15, 0.2) is 11.5 Å². The monoisotopic (exact) mass is 376 g/mol. The van der Waals surface area contributed by atoms with Gasteiger partial charge >= 0.3 is 0 Å². The molecule has 28 heavy (non-hydrogen) atoms. The second-order valence-corrected chi connectivity index (χ2v) is 8.00. The lowest BCUT2D eigenvalue weighted by atomic mass is 9.75. The van der Waals surface area contributed by atoms with Crippen LogP contribution in [0.3, 0.4) is 0 Å². The molecule has 0 N–H and O–H groups in total. The Balaban J connectivity index is 1.09. The zero-order valence-corrected chi connectivity index (χ0v) is 16.3. The molecule has 0 aromatic heterocycles. The number of fused-ring (bicyclic) bond motifs is 2. The largest absolute Gasteiger partial charge is 0.485 e. The normalized spacial score (nSPS) is 21.0. The Morgan fingerprint density at radius 1 is 0.964 bits per heavy atom. The minimum absolute atomic E-state index is 0.567. The van der Waals surface area contributed by atoms with E-state index in [1.54, 1.807) is 17.4 Å². The molecule has 0 radical (unpaired) electrons. The third kappa shape index (κ3) is 3.61. The van der Waals surface area contributed by atoms with Crippen LogP contribution >= 0.6 is 0 Å². The molecule has 0 bridgehead atoms. The minimum atomic E-state index is 0.567. The summed E-state index contributed by atoms with van der Waals surface area (Å²) in [6.45, 7) is 6.20. The summed E-state index contributed by atoms with van der Waals surface area (Å²) in [5, 5.41) is 0. The van der Waals surface area contributed by atoms with Gasteiger partial charge in [0.1, 0.15) is 6.61 Å². The summed E-state index contributed by atoms with van der Waals surface area (Å²) in [5.41, 5.74) is 4.38. The van der Waals surface area contributed by atoms with Crippen LogP contribution in [0.2, 0.25) is 0 Å². The third-order valence-electron chi connectivity index (χ3n) is 6.28. The molecule has 0 spiro atoms. The molecule has 1 saturated heterocycles. The van der Waals surface area contributed by atoms with Crippen molar-refractivity contribution in [3.8, 4) is 11.5 Å². The number of benzene rings is 2. The topological polar surface area (TPSA) is 24.9 Å². The van der Waals surface area contributed by atoms with E-state index in [1.165, 1.54) is 31.5 Å². The Kier molecular flexibility index (Phi) is 4.96. The van der Waals surface area contributed by atoms with Crippen LogP contribution in [-0.4, -0.2) is 44.2 Å². The molecule has 1 atom stereocenters. The summed E-state index contributed by atoms with van der Waals surface area (Å²) in [7, 11) is 0. The van der Waals surface area contributed by atoms with Gasteiger partial charge in [-0.25, -0.2) is 0 Å². The average molecular weight is 377 g/mol. The van der Waals surface area contributed by atoms with Crippen LogP contribution in [0.4, 0.5) is 5.69 Å². The Morgan fingerprint density at radius 2 is 1.86 bits per heavy atom. The Bertz CT molecular complexity index is 855. The van der Waals surface area contributed by atoms with Gasteiger partial charge in [-0.2, -0.15) is 0 Å². The van der Waals surface area contributed by atoms with Crippen LogP contribution in [-0.2, 0) is 6.42 Å². The molecule has 146 valence electrons. The van der Waals surface area contributed by atoms with E-state index in [-0.39, 0.29) is 0 Å². The lowest BCUT2D eigenvalue weighted by Crippen LogP contribution is -2.46. The second kappa shape index (κ2) is 7.88. The molecule has 3 aliphatic rings. The van der Waals surface area contributed by atoms with Crippen molar-refractivity contribution in [1.82, 2.24) is 4.90 Å². The smallest absolute Gasteiger partial charge is 0.170 e. The molecule has 0 amide bonds. The van der Waals surface area contributed by atoms with Crippen molar-refractivity contribution >= 4 is 5.69 Å². The van der Waals surface area contributed by atoms with E-state index in [0.717, 1.165) is 43.6 Å². The Hall–Kier alpha value is -2.46. The summed E-state index contributed by atoms with van der Waals surface area (Å²) in [4.78, 5) is 5.07.